The lowest BCUT2D eigenvalue weighted by molar-refractivity contribution is -0.148. The summed E-state index contributed by atoms with van der Waals surface area (Å²) in [5.41, 5.74) is 2.62. The van der Waals surface area contributed by atoms with Gasteiger partial charge < -0.3 is 14.8 Å². The smallest absolute Gasteiger partial charge is 0.331 e. The molecule has 0 bridgehead atoms. The Morgan fingerprint density at radius 2 is 1.80 bits per heavy atom. The van der Waals surface area contributed by atoms with E-state index >= 15 is 0 Å². The van der Waals surface area contributed by atoms with Crippen molar-refractivity contribution in [2.75, 3.05) is 11.9 Å². The van der Waals surface area contributed by atoms with Crippen LogP contribution in [0.5, 0.6) is 5.75 Å². The van der Waals surface area contributed by atoms with Gasteiger partial charge in [-0.05, 0) is 54.7 Å². The van der Waals surface area contributed by atoms with Gasteiger partial charge in [-0.25, -0.2) is 4.79 Å². The Balaban J connectivity index is 1.91. The minimum Gasteiger partial charge on any atom is -0.490 e. The fourth-order valence-corrected chi connectivity index (χ4v) is 2.76. The van der Waals surface area contributed by atoms with Crippen LogP contribution in [0.25, 0.3) is 6.08 Å². The van der Waals surface area contributed by atoms with Crippen molar-refractivity contribution in [1.29, 1.82) is 0 Å². The molecule has 0 saturated carbocycles. The third-order valence-corrected chi connectivity index (χ3v) is 4.68. The summed E-state index contributed by atoms with van der Waals surface area (Å²) in [6.07, 6.45) is 4.65. The summed E-state index contributed by atoms with van der Waals surface area (Å²) in [7, 11) is 0. The topological polar surface area (TPSA) is 64.6 Å². The second-order valence-corrected chi connectivity index (χ2v) is 6.97. The predicted molar refractivity (Wildman–Crippen MR) is 120 cm³/mol. The summed E-state index contributed by atoms with van der Waals surface area (Å²) >= 11 is 0. The van der Waals surface area contributed by atoms with Gasteiger partial charge in [-0.3, -0.25) is 4.79 Å². The van der Waals surface area contributed by atoms with Crippen LogP contribution >= 0.6 is 0 Å². The number of hydrogen-bond acceptors (Lipinski definition) is 4. The van der Waals surface area contributed by atoms with Gasteiger partial charge in [-0.15, -0.1) is 0 Å². The lowest BCUT2D eigenvalue weighted by Gasteiger charge is -2.17. The van der Waals surface area contributed by atoms with E-state index in [1.807, 2.05) is 36.4 Å². The highest BCUT2D eigenvalue weighted by Gasteiger charge is 2.18. The molecule has 0 aliphatic heterocycles. The highest BCUT2D eigenvalue weighted by Crippen LogP contribution is 2.26. The Morgan fingerprint density at radius 1 is 1.10 bits per heavy atom. The molecule has 0 fully saturated rings. The SMILES string of the molecule is C=CCOc1ccc(/C=C/C(=O)O[C@H](C)C(=O)Nc2ccccc2[C@@H](C)CC)cc1. The van der Waals surface area contributed by atoms with Crippen molar-refractivity contribution in [3.05, 3.63) is 78.4 Å². The Kier molecular flexibility index (Phi) is 8.88. The first kappa shape index (κ1) is 22.9. The number of esters is 1. The fraction of sp³-hybridized carbons (Fsp3) is 0.280. The summed E-state index contributed by atoms with van der Waals surface area (Å²) in [5, 5.41) is 2.87. The molecular weight excluding hydrogens is 378 g/mol. The van der Waals surface area contributed by atoms with E-state index in [4.69, 9.17) is 9.47 Å². The highest BCUT2D eigenvalue weighted by molar-refractivity contribution is 5.97. The van der Waals surface area contributed by atoms with Gasteiger partial charge in [-0.1, -0.05) is 56.8 Å². The van der Waals surface area contributed by atoms with Crippen molar-refractivity contribution in [3.63, 3.8) is 0 Å². The van der Waals surface area contributed by atoms with Gasteiger partial charge in [0.05, 0.1) is 0 Å². The first-order chi connectivity index (χ1) is 14.4. The maximum atomic E-state index is 12.5. The molecule has 2 rings (SSSR count). The Morgan fingerprint density at radius 3 is 2.47 bits per heavy atom. The third kappa shape index (κ3) is 6.92. The summed E-state index contributed by atoms with van der Waals surface area (Å²) in [5.74, 6) is 0.0875. The maximum Gasteiger partial charge on any atom is 0.331 e. The van der Waals surface area contributed by atoms with Crippen molar-refractivity contribution in [3.8, 4) is 5.75 Å². The molecule has 2 aromatic carbocycles. The van der Waals surface area contributed by atoms with E-state index in [9.17, 15) is 9.59 Å². The second-order valence-electron chi connectivity index (χ2n) is 6.97. The molecule has 30 heavy (non-hydrogen) atoms. The molecule has 0 spiro atoms. The summed E-state index contributed by atoms with van der Waals surface area (Å²) in [6, 6.07) is 14.9. The third-order valence-electron chi connectivity index (χ3n) is 4.68. The van der Waals surface area contributed by atoms with Crippen molar-refractivity contribution >= 4 is 23.6 Å². The molecule has 0 heterocycles. The monoisotopic (exact) mass is 407 g/mol. The van der Waals surface area contributed by atoms with Crippen LogP contribution in [0, 0.1) is 0 Å². The molecule has 1 amide bonds. The van der Waals surface area contributed by atoms with E-state index in [-0.39, 0.29) is 5.91 Å². The zero-order valence-corrected chi connectivity index (χ0v) is 17.8. The van der Waals surface area contributed by atoms with Crippen molar-refractivity contribution in [2.45, 2.75) is 39.2 Å². The lowest BCUT2D eigenvalue weighted by atomic mass is 9.97. The Hall–Kier alpha value is -3.34. The minimum atomic E-state index is -0.915. The number of nitrogens with one attached hydrogen (secondary N) is 1. The fourth-order valence-electron chi connectivity index (χ4n) is 2.76. The van der Waals surface area contributed by atoms with E-state index in [0.29, 0.717) is 12.5 Å². The molecule has 0 aliphatic carbocycles. The number of carbonyl (C=O) groups is 2. The number of para-hydroxylation sites is 1. The van der Waals surface area contributed by atoms with Crippen LogP contribution in [0.2, 0.25) is 0 Å². The summed E-state index contributed by atoms with van der Waals surface area (Å²) in [6.45, 7) is 9.80. The number of hydrogen-bond donors (Lipinski definition) is 1. The van der Waals surface area contributed by atoms with Crippen LogP contribution in [-0.4, -0.2) is 24.6 Å². The van der Waals surface area contributed by atoms with Crippen molar-refractivity contribution in [2.24, 2.45) is 0 Å². The van der Waals surface area contributed by atoms with Gasteiger partial charge in [0.2, 0.25) is 0 Å². The van der Waals surface area contributed by atoms with Crippen LogP contribution < -0.4 is 10.1 Å². The van der Waals surface area contributed by atoms with E-state index in [1.165, 1.54) is 6.08 Å². The quantitative estimate of drug-likeness (QED) is 0.328. The number of benzene rings is 2. The number of amides is 1. The maximum absolute atomic E-state index is 12.5. The summed E-state index contributed by atoms with van der Waals surface area (Å²) < 4.78 is 10.7. The van der Waals surface area contributed by atoms with Crippen molar-refractivity contribution < 1.29 is 19.1 Å². The lowest BCUT2D eigenvalue weighted by Crippen LogP contribution is -2.29. The number of ether oxygens (including phenoxy) is 2. The van der Waals surface area contributed by atoms with E-state index in [1.54, 1.807) is 31.2 Å². The molecular formula is C25H29NO4. The van der Waals surface area contributed by atoms with E-state index < -0.39 is 12.1 Å². The van der Waals surface area contributed by atoms with E-state index in [0.717, 1.165) is 29.0 Å². The van der Waals surface area contributed by atoms with Crippen molar-refractivity contribution in [1.82, 2.24) is 0 Å². The van der Waals surface area contributed by atoms with Gasteiger partial charge in [0.25, 0.3) is 5.91 Å². The van der Waals surface area contributed by atoms with Gasteiger partial charge in [0, 0.05) is 11.8 Å². The van der Waals surface area contributed by atoms with Crippen LogP contribution in [0.4, 0.5) is 5.69 Å². The van der Waals surface area contributed by atoms with Gasteiger partial charge in [0.15, 0.2) is 6.10 Å². The van der Waals surface area contributed by atoms with Gasteiger partial charge >= 0.3 is 5.97 Å². The standard InChI is InChI=1S/C25H29NO4/c1-5-17-29-21-14-11-20(12-15-21)13-16-24(27)30-19(4)25(28)26-23-10-8-7-9-22(23)18(3)6-2/h5,7-16,18-19H,1,6,17H2,2-4H3,(H,26,28)/b16-13+/t18-,19+/m0/s1. The predicted octanol–water partition coefficient (Wildman–Crippen LogP) is 5.35. The first-order valence-corrected chi connectivity index (χ1v) is 10.1. The molecule has 0 saturated heterocycles. The molecule has 5 nitrogen and oxygen atoms in total. The number of rotatable bonds is 10. The molecule has 0 unspecified atom stereocenters. The summed E-state index contributed by atoms with van der Waals surface area (Å²) in [4.78, 5) is 24.6. The Labute approximate surface area is 178 Å². The van der Waals surface area contributed by atoms with Crippen LogP contribution in [0.1, 0.15) is 44.2 Å². The zero-order valence-electron chi connectivity index (χ0n) is 17.8. The number of carbonyl (C=O) groups excluding carboxylic acids is 2. The minimum absolute atomic E-state index is 0.316. The molecule has 0 radical (unpaired) electrons. The van der Waals surface area contributed by atoms with Crippen LogP contribution in [-0.2, 0) is 14.3 Å². The largest absolute Gasteiger partial charge is 0.490 e. The molecule has 0 aromatic heterocycles. The molecule has 5 heteroatoms. The average molecular weight is 408 g/mol. The average Bonchev–Trinajstić information content (AvgIpc) is 2.76. The highest BCUT2D eigenvalue weighted by atomic mass is 16.5. The van der Waals surface area contributed by atoms with Crippen LogP contribution in [0.3, 0.4) is 0 Å². The Bertz CT molecular complexity index is 886. The first-order valence-electron chi connectivity index (χ1n) is 10.1. The van der Waals surface area contributed by atoms with Gasteiger partial charge in [-0.2, -0.15) is 0 Å². The number of anilines is 1. The molecule has 158 valence electrons. The molecule has 2 aromatic rings. The van der Waals surface area contributed by atoms with Gasteiger partial charge in [0.1, 0.15) is 12.4 Å². The molecule has 2 atom stereocenters. The molecule has 0 aliphatic rings. The second kappa shape index (κ2) is 11.6. The normalized spacial score (nSPS) is 12.8. The zero-order chi connectivity index (χ0) is 21.9. The van der Waals surface area contributed by atoms with Crippen LogP contribution in [0.15, 0.2) is 67.3 Å². The molecule has 1 N–H and O–H groups in total. The van der Waals surface area contributed by atoms with E-state index in [2.05, 4.69) is 25.7 Å².